The number of aromatic nitrogens is 1. The molecule has 0 radical (unpaired) electrons. The Morgan fingerprint density at radius 3 is 2.15 bits per heavy atom. The van der Waals surface area contributed by atoms with Gasteiger partial charge in [0.2, 0.25) is 5.91 Å². The molecule has 39 heavy (non-hydrogen) atoms. The predicted octanol–water partition coefficient (Wildman–Crippen LogP) is 5.60. The van der Waals surface area contributed by atoms with E-state index in [4.69, 9.17) is 0 Å². The van der Waals surface area contributed by atoms with Gasteiger partial charge < -0.3 is 20.9 Å². The van der Waals surface area contributed by atoms with Crippen molar-refractivity contribution in [2.24, 2.45) is 0 Å². The summed E-state index contributed by atoms with van der Waals surface area (Å²) in [5, 5.41) is 10.8. The largest absolute Gasteiger partial charge is 0.360 e. The number of fused-ring (bicyclic) bond motifs is 1. The quantitative estimate of drug-likeness (QED) is 0.255. The SMILES string of the molecule is CC1(C)CC(NC(=O)C(Cc2ccc(-c3ccccc3)cc2)NC(=O)c2c[nH]c3ccccc23)CC(C)(C)N1. The maximum absolute atomic E-state index is 13.7. The second kappa shape index (κ2) is 10.7. The molecule has 1 unspecified atom stereocenters. The molecule has 0 spiro atoms. The molecule has 202 valence electrons. The molecule has 0 saturated carbocycles. The number of carbonyl (C=O) groups excluding carboxylic acids is 2. The number of rotatable bonds is 7. The standard InChI is InChI=1S/C33H38N4O2/c1-32(2)19-25(20-33(3,4)37-32)35-31(39)29(36-30(38)27-21-34-28-13-9-8-12-26(27)28)18-22-14-16-24(17-15-22)23-10-6-5-7-11-23/h5-17,21,25,29,34,37H,18-20H2,1-4H3,(H,35,39)(H,36,38). The third-order valence-electron chi connectivity index (χ3n) is 7.49. The highest BCUT2D eigenvalue weighted by atomic mass is 16.2. The second-order valence-electron chi connectivity index (χ2n) is 12.0. The second-order valence-corrected chi connectivity index (χ2v) is 12.0. The molecule has 6 nitrogen and oxygen atoms in total. The van der Waals surface area contributed by atoms with E-state index in [-0.39, 0.29) is 28.9 Å². The average Bonchev–Trinajstić information content (AvgIpc) is 3.32. The van der Waals surface area contributed by atoms with E-state index in [1.165, 1.54) is 0 Å². The van der Waals surface area contributed by atoms with Crippen LogP contribution in [0.3, 0.4) is 0 Å². The zero-order valence-corrected chi connectivity index (χ0v) is 23.2. The van der Waals surface area contributed by atoms with Gasteiger partial charge in [0.1, 0.15) is 6.04 Å². The van der Waals surface area contributed by atoms with Gasteiger partial charge in [-0.05, 0) is 63.3 Å². The fourth-order valence-corrected chi connectivity index (χ4v) is 6.13. The van der Waals surface area contributed by atoms with Crippen molar-refractivity contribution in [1.29, 1.82) is 0 Å². The lowest BCUT2D eigenvalue weighted by molar-refractivity contribution is -0.124. The van der Waals surface area contributed by atoms with Gasteiger partial charge in [-0.25, -0.2) is 0 Å². The van der Waals surface area contributed by atoms with Crippen LogP contribution >= 0.6 is 0 Å². The third kappa shape index (κ3) is 6.40. The summed E-state index contributed by atoms with van der Waals surface area (Å²) >= 11 is 0. The molecule has 0 aliphatic carbocycles. The molecule has 1 aromatic heterocycles. The van der Waals surface area contributed by atoms with E-state index >= 15 is 0 Å². The van der Waals surface area contributed by atoms with Crippen molar-refractivity contribution in [3.05, 3.63) is 96.2 Å². The van der Waals surface area contributed by atoms with Crippen LogP contribution in [0.15, 0.2) is 85.1 Å². The van der Waals surface area contributed by atoms with Crippen LogP contribution in [0.5, 0.6) is 0 Å². The van der Waals surface area contributed by atoms with E-state index in [0.29, 0.717) is 12.0 Å². The predicted molar refractivity (Wildman–Crippen MR) is 158 cm³/mol. The fraction of sp³-hybridized carbons (Fsp3) is 0.333. The number of piperidine rings is 1. The van der Waals surface area contributed by atoms with Gasteiger partial charge in [-0.3, -0.25) is 9.59 Å². The number of hydrogen-bond donors (Lipinski definition) is 4. The summed E-state index contributed by atoms with van der Waals surface area (Å²) in [7, 11) is 0. The average molecular weight is 523 g/mol. The molecule has 1 saturated heterocycles. The van der Waals surface area contributed by atoms with Crippen molar-refractivity contribution in [3.8, 4) is 11.1 Å². The molecule has 1 aliphatic rings. The van der Waals surface area contributed by atoms with E-state index < -0.39 is 6.04 Å². The van der Waals surface area contributed by atoms with Crippen LogP contribution in [0.25, 0.3) is 22.0 Å². The van der Waals surface area contributed by atoms with Crippen LogP contribution in [0.1, 0.15) is 56.5 Å². The number of aromatic amines is 1. The zero-order chi connectivity index (χ0) is 27.6. The first kappa shape index (κ1) is 26.7. The Morgan fingerprint density at radius 2 is 1.46 bits per heavy atom. The number of amides is 2. The smallest absolute Gasteiger partial charge is 0.254 e. The minimum absolute atomic E-state index is 0.0108. The minimum Gasteiger partial charge on any atom is -0.360 e. The molecular weight excluding hydrogens is 484 g/mol. The Bertz CT molecular complexity index is 1440. The highest BCUT2D eigenvalue weighted by Crippen LogP contribution is 2.29. The van der Waals surface area contributed by atoms with Crippen LogP contribution in [-0.4, -0.2) is 40.0 Å². The van der Waals surface area contributed by atoms with E-state index in [1.807, 2.05) is 54.6 Å². The van der Waals surface area contributed by atoms with Crippen molar-refractivity contribution >= 4 is 22.7 Å². The van der Waals surface area contributed by atoms with Gasteiger partial charge in [-0.1, -0.05) is 72.8 Å². The Balaban J connectivity index is 1.37. The first-order chi connectivity index (χ1) is 18.6. The molecule has 4 N–H and O–H groups in total. The lowest BCUT2D eigenvalue weighted by Crippen LogP contribution is -2.63. The minimum atomic E-state index is -0.713. The Hall–Kier alpha value is -3.90. The van der Waals surface area contributed by atoms with Crippen molar-refractivity contribution in [1.82, 2.24) is 20.9 Å². The third-order valence-corrected chi connectivity index (χ3v) is 7.49. The molecule has 2 heterocycles. The highest BCUT2D eigenvalue weighted by molar-refractivity contribution is 6.07. The van der Waals surface area contributed by atoms with Crippen molar-refractivity contribution in [2.75, 3.05) is 0 Å². The molecule has 6 heteroatoms. The van der Waals surface area contributed by atoms with Gasteiger partial charge in [0.15, 0.2) is 0 Å². The Kier molecular flexibility index (Phi) is 7.32. The summed E-state index contributed by atoms with van der Waals surface area (Å²) < 4.78 is 0. The molecule has 1 aliphatic heterocycles. The number of benzene rings is 3. The summed E-state index contributed by atoms with van der Waals surface area (Å²) in [5.74, 6) is -0.423. The summed E-state index contributed by atoms with van der Waals surface area (Å²) in [5.41, 5.74) is 4.46. The molecule has 5 rings (SSSR count). The Labute approximate surface area is 230 Å². The molecular formula is C33H38N4O2. The van der Waals surface area contributed by atoms with E-state index in [9.17, 15) is 9.59 Å². The highest BCUT2D eigenvalue weighted by Gasteiger charge is 2.39. The first-order valence-corrected chi connectivity index (χ1v) is 13.7. The maximum atomic E-state index is 13.7. The summed E-state index contributed by atoms with van der Waals surface area (Å²) in [6.07, 6.45) is 3.74. The van der Waals surface area contributed by atoms with Crippen LogP contribution in [0, 0.1) is 0 Å². The lowest BCUT2D eigenvalue weighted by atomic mass is 9.79. The van der Waals surface area contributed by atoms with Crippen LogP contribution in [0.2, 0.25) is 0 Å². The summed E-state index contributed by atoms with van der Waals surface area (Å²) in [6, 6.07) is 25.4. The monoisotopic (exact) mass is 522 g/mol. The molecule has 1 fully saturated rings. The van der Waals surface area contributed by atoms with E-state index in [0.717, 1.165) is 40.4 Å². The van der Waals surface area contributed by atoms with Crippen molar-refractivity contribution in [2.45, 2.75) is 70.1 Å². The van der Waals surface area contributed by atoms with Gasteiger partial charge in [0.25, 0.3) is 5.91 Å². The summed E-state index contributed by atoms with van der Waals surface area (Å²) in [4.78, 5) is 30.3. The molecule has 0 bridgehead atoms. The van der Waals surface area contributed by atoms with Crippen LogP contribution < -0.4 is 16.0 Å². The number of hydrogen-bond acceptors (Lipinski definition) is 3. The van der Waals surface area contributed by atoms with Gasteiger partial charge in [0, 0.05) is 40.6 Å². The van der Waals surface area contributed by atoms with Crippen LogP contribution in [0.4, 0.5) is 0 Å². The first-order valence-electron chi connectivity index (χ1n) is 13.7. The number of nitrogens with one attached hydrogen (secondary N) is 4. The van der Waals surface area contributed by atoms with E-state index in [2.05, 4.69) is 72.9 Å². The number of para-hydroxylation sites is 1. The molecule has 3 aromatic carbocycles. The van der Waals surface area contributed by atoms with Crippen molar-refractivity contribution in [3.63, 3.8) is 0 Å². The van der Waals surface area contributed by atoms with Gasteiger partial charge in [-0.15, -0.1) is 0 Å². The lowest BCUT2D eigenvalue weighted by Gasteiger charge is -2.46. The number of carbonyl (C=O) groups is 2. The topological polar surface area (TPSA) is 86.0 Å². The fourth-order valence-electron chi connectivity index (χ4n) is 6.13. The summed E-state index contributed by atoms with van der Waals surface area (Å²) in [6.45, 7) is 8.66. The van der Waals surface area contributed by atoms with Gasteiger partial charge >= 0.3 is 0 Å². The van der Waals surface area contributed by atoms with Crippen molar-refractivity contribution < 1.29 is 9.59 Å². The van der Waals surface area contributed by atoms with E-state index in [1.54, 1.807) is 6.20 Å². The Morgan fingerprint density at radius 1 is 0.846 bits per heavy atom. The molecule has 1 atom stereocenters. The van der Waals surface area contributed by atoms with Crippen LogP contribution in [-0.2, 0) is 11.2 Å². The van der Waals surface area contributed by atoms with Gasteiger partial charge in [-0.2, -0.15) is 0 Å². The molecule has 4 aromatic rings. The number of H-pyrrole nitrogens is 1. The van der Waals surface area contributed by atoms with Gasteiger partial charge in [0.05, 0.1) is 5.56 Å². The maximum Gasteiger partial charge on any atom is 0.254 e. The normalized spacial score (nSPS) is 17.4. The zero-order valence-electron chi connectivity index (χ0n) is 23.2. The molecule has 2 amide bonds.